The molecule has 4 aromatic rings. The topological polar surface area (TPSA) is 91.6 Å². The summed E-state index contributed by atoms with van der Waals surface area (Å²) < 4.78 is 5.77. The maximum absolute atomic E-state index is 12.5. The van der Waals surface area contributed by atoms with Crippen LogP contribution < -0.4 is 10.2 Å². The number of anilines is 2. The van der Waals surface area contributed by atoms with Crippen molar-refractivity contribution in [1.82, 2.24) is 15.1 Å². The molecule has 8 nitrogen and oxygen atoms in total. The predicted octanol–water partition coefficient (Wildman–Crippen LogP) is 4.93. The van der Waals surface area contributed by atoms with Crippen molar-refractivity contribution in [2.75, 3.05) is 42.1 Å². The highest BCUT2D eigenvalue weighted by Gasteiger charge is 2.23. The van der Waals surface area contributed by atoms with Crippen LogP contribution in [0.1, 0.15) is 13.8 Å². The van der Waals surface area contributed by atoms with Crippen LogP contribution in [0.3, 0.4) is 0 Å². The lowest BCUT2D eigenvalue weighted by Crippen LogP contribution is -2.49. The number of amides is 2. The summed E-state index contributed by atoms with van der Waals surface area (Å²) in [6.07, 6.45) is 0. The summed E-state index contributed by atoms with van der Waals surface area (Å²) in [5, 5.41) is 13.7. The van der Waals surface area contributed by atoms with Crippen molar-refractivity contribution >= 4 is 45.7 Å². The first-order chi connectivity index (χ1) is 18.0. The van der Waals surface area contributed by atoms with E-state index in [9.17, 15) is 9.59 Å². The van der Waals surface area contributed by atoms with Gasteiger partial charge in [-0.15, -0.1) is 10.2 Å². The molecule has 0 bridgehead atoms. The van der Waals surface area contributed by atoms with E-state index in [1.807, 2.05) is 79.4 Å². The summed E-state index contributed by atoms with van der Waals surface area (Å²) >= 11 is 1.20. The van der Waals surface area contributed by atoms with Gasteiger partial charge in [-0.25, -0.2) is 0 Å². The fourth-order valence-electron chi connectivity index (χ4n) is 4.34. The Labute approximate surface area is 220 Å². The van der Waals surface area contributed by atoms with Crippen molar-refractivity contribution in [2.24, 2.45) is 5.92 Å². The van der Waals surface area contributed by atoms with E-state index in [4.69, 9.17) is 4.42 Å². The first-order valence-electron chi connectivity index (χ1n) is 12.4. The molecule has 2 heterocycles. The normalized spacial score (nSPS) is 13.8. The molecule has 1 aliphatic heterocycles. The Bertz CT molecular complexity index is 1390. The van der Waals surface area contributed by atoms with Crippen molar-refractivity contribution in [1.29, 1.82) is 0 Å². The standard InChI is InChI=1S/C28H29N5O3S/c1-19(2)27(35)33-15-13-32(14-16-33)24-11-9-23(10-12-24)29-25(34)18-37-28-31-30-26(36-28)22-8-7-20-5-3-4-6-21(20)17-22/h3-12,17,19H,13-16,18H2,1-2H3,(H,29,34). The minimum atomic E-state index is -0.149. The number of hydrogen-bond donors (Lipinski definition) is 1. The first-order valence-corrected chi connectivity index (χ1v) is 13.3. The van der Waals surface area contributed by atoms with Crippen LogP contribution in [0.2, 0.25) is 0 Å². The maximum atomic E-state index is 12.5. The van der Waals surface area contributed by atoms with Crippen molar-refractivity contribution in [2.45, 2.75) is 19.1 Å². The van der Waals surface area contributed by atoms with Gasteiger partial charge in [0.05, 0.1) is 5.75 Å². The molecule has 1 N–H and O–H groups in total. The third kappa shape index (κ3) is 5.94. The average molecular weight is 516 g/mol. The molecule has 0 unspecified atom stereocenters. The highest BCUT2D eigenvalue weighted by Crippen LogP contribution is 2.26. The number of rotatable bonds is 7. The molecule has 37 heavy (non-hydrogen) atoms. The Balaban J connectivity index is 1.11. The number of benzene rings is 3. The van der Waals surface area contributed by atoms with E-state index in [2.05, 4.69) is 26.5 Å². The Kier molecular flexibility index (Phi) is 7.41. The molecule has 5 rings (SSSR count). The van der Waals surface area contributed by atoms with Crippen molar-refractivity contribution in [3.63, 3.8) is 0 Å². The van der Waals surface area contributed by atoms with Gasteiger partial charge >= 0.3 is 0 Å². The van der Waals surface area contributed by atoms with E-state index >= 15 is 0 Å². The van der Waals surface area contributed by atoms with Crippen LogP contribution >= 0.6 is 11.8 Å². The minimum absolute atomic E-state index is 0.0269. The second-order valence-electron chi connectivity index (χ2n) is 9.29. The van der Waals surface area contributed by atoms with Crippen LogP contribution in [0.25, 0.3) is 22.2 Å². The predicted molar refractivity (Wildman–Crippen MR) is 147 cm³/mol. The molecule has 0 radical (unpaired) electrons. The molecule has 2 amide bonds. The number of fused-ring (bicyclic) bond motifs is 1. The number of piperazine rings is 1. The third-order valence-corrected chi connectivity index (χ3v) is 7.15. The minimum Gasteiger partial charge on any atom is -0.411 e. The molecule has 0 saturated carbocycles. The summed E-state index contributed by atoms with van der Waals surface area (Å²) in [6.45, 7) is 6.92. The van der Waals surface area contributed by atoms with Crippen LogP contribution in [0.5, 0.6) is 0 Å². The summed E-state index contributed by atoms with van der Waals surface area (Å²) in [5.74, 6) is 0.676. The number of nitrogens with zero attached hydrogens (tertiary/aromatic N) is 4. The van der Waals surface area contributed by atoms with Gasteiger partial charge in [0.1, 0.15) is 0 Å². The molecule has 1 aliphatic rings. The lowest BCUT2D eigenvalue weighted by atomic mass is 10.1. The molecular formula is C28H29N5O3S. The Morgan fingerprint density at radius 2 is 1.68 bits per heavy atom. The number of aromatic nitrogens is 2. The van der Waals surface area contributed by atoms with Gasteiger partial charge in [0.25, 0.3) is 5.22 Å². The van der Waals surface area contributed by atoms with E-state index in [0.29, 0.717) is 11.1 Å². The quantitative estimate of drug-likeness (QED) is 0.349. The number of hydrogen-bond acceptors (Lipinski definition) is 7. The lowest BCUT2D eigenvalue weighted by Gasteiger charge is -2.37. The van der Waals surface area contributed by atoms with Crippen molar-refractivity contribution in [3.05, 3.63) is 66.7 Å². The largest absolute Gasteiger partial charge is 0.411 e. The van der Waals surface area contributed by atoms with Gasteiger partial charge in [0, 0.05) is 49.0 Å². The van der Waals surface area contributed by atoms with E-state index in [0.717, 1.165) is 53.9 Å². The molecule has 3 aromatic carbocycles. The summed E-state index contributed by atoms with van der Waals surface area (Å²) in [7, 11) is 0. The highest BCUT2D eigenvalue weighted by atomic mass is 32.2. The van der Waals surface area contributed by atoms with Crippen LogP contribution in [0, 0.1) is 5.92 Å². The number of nitrogens with one attached hydrogen (secondary N) is 1. The van der Waals surface area contributed by atoms with E-state index in [1.165, 1.54) is 11.8 Å². The molecule has 9 heteroatoms. The molecule has 190 valence electrons. The fourth-order valence-corrected chi connectivity index (χ4v) is 4.90. The van der Waals surface area contributed by atoms with Gasteiger partial charge in [-0.2, -0.15) is 0 Å². The van der Waals surface area contributed by atoms with Gasteiger partial charge in [-0.05, 0) is 47.2 Å². The molecule has 0 spiro atoms. The monoisotopic (exact) mass is 515 g/mol. The third-order valence-electron chi connectivity index (χ3n) is 6.33. The zero-order valence-electron chi connectivity index (χ0n) is 20.9. The Hall–Kier alpha value is -3.85. The Morgan fingerprint density at radius 1 is 0.946 bits per heavy atom. The van der Waals surface area contributed by atoms with Gasteiger partial charge in [0.2, 0.25) is 17.7 Å². The molecule has 0 atom stereocenters. The van der Waals surface area contributed by atoms with Crippen LogP contribution in [-0.2, 0) is 9.59 Å². The van der Waals surface area contributed by atoms with Crippen LogP contribution in [-0.4, -0.2) is 58.8 Å². The average Bonchev–Trinajstić information content (AvgIpc) is 3.41. The van der Waals surface area contributed by atoms with Gasteiger partial charge in [-0.3, -0.25) is 9.59 Å². The van der Waals surface area contributed by atoms with Crippen molar-refractivity contribution < 1.29 is 14.0 Å². The number of thioether (sulfide) groups is 1. The molecular weight excluding hydrogens is 486 g/mol. The fraction of sp³-hybridized carbons (Fsp3) is 0.286. The van der Waals surface area contributed by atoms with Gasteiger partial charge < -0.3 is 19.5 Å². The first kappa shape index (κ1) is 24.8. The highest BCUT2D eigenvalue weighted by molar-refractivity contribution is 7.99. The van der Waals surface area contributed by atoms with E-state index in [-0.39, 0.29) is 23.5 Å². The number of carbonyl (C=O) groups excluding carboxylic acids is 2. The van der Waals surface area contributed by atoms with Crippen LogP contribution in [0.4, 0.5) is 11.4 Å². The molecule has 1 saturated heterocycles. The van der Waals surface area contributed by atoms with Gasteiger partial charge in [0.15, 0.2) is 0 Å². The zero-order chi connectivity index (χ0) is 25.8. The van der Waals surface area contributed by atoms with E-state index in [1.54, 1.807) is 0 Å². The molecule has 0 aliphatic carbocycles. The SMILES string of the molecule is CC(C)C(=O)N1CCN(c2ccc(NC(=O)CSc3nnc(-c4ccc5ccccc5c4)o3)cc2)CC1. The summed E-state index contributed by atoms with van der Waals surface area (Å²) in [4.78, 5) is 28.9. The zero-order valence-corrected chi connectivity index (χ0v) is 21.7. The lowest BCUT2D eigenvalue weighted by molar-refractivity contribution is -0.134. The smallest absolute Gasteiger partial charge is 0.277 e. The molecule has 1 aromatic heterocycles. The van der Waals surface area contributed by atoms with Crippen LogP contribution in [0.15, 0.2) is 76.4 Å². The second-order valence-corrected chi connectivity index (χ2v) is 10.2. The Morgan fingerprint density at radius 3 is 2.41 bits per heavy atom. The van der Waals surface area contributed by atoms with E-state index < -0.39 is 0 Å². The summed E-state index contributed by atoms with van der Waals surface area (Å²) in [5.41, 5.74) is 2.65. The maximum Gasteiger partial charge on any atom is 0.277 e. The van der Waals surface area contributed by atoms with Crippen molar-refractivity contribution in [3.8, 4) is 11.5 Å². The number of carbonyl (C=O) groups is 2. The summed E-state index contributed by atoms with van der Waals surface area (Å²) in [6, 6.07) is 21.9. The second kappa shape index (κ2) is 11.0. The molecule has 1 fully saturated rings. The van der Waals surface area contributed by atoms with Gasteiger partial charge in [-0.1, -0.05) is 55.9 Å².